The Labute approximate surface area is 109 Å². The number of hydrogen-bond acceptors (Lipinski definition) is 6. The van der Waals surface area contributed by atoms with Crippen LogP contribution in [0.3, 0.4) is 0 Å². The Morgan fingerprint density at radius 3 is 2.74 bits per heavy atom. The second-order valence-electron chi connectivity index (χ2n) is 4.19. The SMILES string of the molecule is O=C(O)C1CCN(S(=O)(=O)NCc2ncon2)CC1. The normalized spacial score (nSPS) is 18.5. The summed E-state index contributed by atoms with van der Waals surface area (Å²) >= 11 is 0. The molecule has 2 N–H and O–H groups in total. The Hall–Kier alpha value is -1.52. The van der Waals surface area contributed by atoms with Gasteiger partial charge in [-0.15, -0.1) is 0 Å². The summed E-state index contributed by atoms with van der Waals surface area (Å²) in [7, 11) is -3.64. The van der Waals surface area contributed by atoms with E-state index in [0.29, 0.717) is 12.8 Å². The summed E-state index contributed by atoms with van der Waals surface area (Å²) in [5.41, 5.74) is 0. The standard InChI is InChI=1S/C9H14N4O5S/c14-9(15)7-1-3-13(4-2-7)19(16,17)11-5-8-10-6-18-12-8/h6-7,11H,1-5H2,(H,14,15). The average molecular weight is 290 g/mol. The first-order chi connectivity index (χ1) is 8.99. The van der Waals surface area contributed by atoms with Crippen molar-refractivity contribution in [2.24, 2.45) is 5.92 Å². The number of nitrogens with one attached hydrogen (secondary N) is 1. The van der Waals surface area contributed by atoms with Crippen LogP contribution in [0.2, 0.25) is 0 Å². The molecule has 1 fully saturated rings. The minimum Gasteiger partial charge on any atom is -0.481 e. The second kappa shape index (κ2) is 5.63. The molecule has 10 heteroatoms. The van der Waals surface area contributed by atoms with Crippen molar-refractivity contribution in [2.75, 3.05) is 13.1 Å². The molecule has 0 aromatic carbocycles. The summed E-state index contributed by atoms with van der Waals surface area (Å²) in [6.07, 6.45) is 1.75. The molecular weight excluding hydrogens is 276 g/mol. The highest BCUT2D eigenvalue weighted by Crippen LogP contribution is 2.19. The Bertz CT molecular complexity index is 521. The number of carboxylic acid groups (broad SMARTS) is 1. The monoisotopic (exact) mass is 290 g/mol. The molecule has 1 aromatic heterocycles. The molecular formula is C9H14N4O5S. The lowest BCUT2D eigenvalue weighted by Gasteiger charge is -2.29. The van der Waals surface area contributed by atoms with Crippen LogP contribution in [0.25, 0.3) is 0 Å². The van der Waals surface area contributed by atoms with Crippen molar-refractivity contribution in [2.45, 2.75) is 19.4 Å². The van der Waals surface area contributed by atoms with Gasteiger partial charge >= 0.3 is 5.97 Å². The Balaban J connectivity index is 1.88. The molecule has 1 aromatic rings. The topological polar surface area (TPSA) is 126 Å². The van der Waals surface area contributed by atoms with E-state index in [0.717, 1.165) is 6.39 Å². The minimum absolute atomic E-state index is 0.0578. The van der Waals surface area contributed by atoms with E-state index in [1.807, 2.05) is 0 Å². The van der Waals surface area contributed by atoms with Crippen molar-refractivity contribution in [3.05, 3.63) is 12.2 Å². The predicted octanol–water partition coefficient (Wildman–Crippen LogP) is -0.799. The summed E-state index contributed by atoms with van der Waals surface area (Å²) in [6.45, 7) is 0.328. The van der Waals surface area contributed by atoms with Crippen LogP contribution in [0.5, 0.6) is 0 Å². The molecule has 106 valence electrons. The number of hydrogen-bond donors (Lipinski definition) is 2. The highest BCUT2D eigenvalue weighted by Gasteiger charge is 2.30. The third kappa shape index (κ3) is 3.49. The van der Waals surface area contributed by atoms with Gasteiger partial charge in [0, 0.05) is 13.1 Å². The third-order valence-corrected chi connectivity index (χ3v) is 4.52. The Morgan fingerprint density at radius 2 is 2.21 bits per heavy atom. The fourth-order valence-electron chi connectivity index (χ4n) is 1.86. The molecule has 1 aliphatic rings. The van der Waals surface area contributed by atoms with Crippen LogP contribution in [0.1, 0.15) is 18.7 Å². The summed E-state index contributed by atoms with van der Waals surface area (Å²) < 4.78 is 31.9. The number of piperidine rings is 1. The van der Waals surface area contributed by atoms with E-state index in [4.69, 9.17) is 5.11 Å². The zero-order valence-corrected chi connectivity index (χ0v) is 10.8. The van der Waals surface area contributed by atoms with Gasteiger partial charge in [-0.3, -0.25) is 4.79 Å². The molecule has 0 spiro atoms. The van der Waals surface area contributed by atoms with Crippen LogP contribution in [-0.4, -0.2) is 47.0 Å². The molecule has 9 nitrogen and oxygen atoms in total. The molecule has 0 amide bonds. The number of rotatable bonds is 5. The first kappa shape index (κ1) is 13.9. The average Bonchev–Trinajstić information content (AvgIpc) is 2.90. The molecule has 2 rings (SSSR count). The van der Waals surface area contributed by atoms with Gasteiger partial charge in [-0.05, 0) is 12.8 Å². The van der Waals surface area contributed by atoms with Gasteiger partial charge in [-0.2, -0.15) is 22.4 Å². The molecule has 2 heterocycles. The molecule has 0 atom stereocenters. The van der Waals surface area contributed by atoms with Crippen LogP contribution >= 0.6 is 0 Å². The molecule has 19 heavy (non-hydrogen) atoms. The van der Waals surface area contributed by atoms with Crippen LogP contribution in [-0.2, 0) is 21.5 Å². The van der Waals surface area contributed by atoms with Gasteiger partial charge in [0.1, 0.15) is 0 Å². The molecule has 1 aliphatic heterocycles. The Kier molecular flexibility index (Phi) is 4.12. The van der Waals surface area contributed by atoms with Crippen molar-refractivity contribution in [3.8, 4) is 0 Å². The van der Waals surface area contributed by atoms with Gasteiger partial charge in [0.15, 0.2) is 5.82 Å². The van der Waals surface area contributed by atoms with Gasteiger partial charge in [-0.25, -0.2) is 0 Å². The van der Waals surface area contributed by atoms with Gasteiger partial charge in [0.2, 0.25) is 6.39 Å². The summed E-state index contributed by atoms with van der Waals surface area (Å²) in [5.74, 6) is -1.11. The molecule has 0 aliphatic carbocycles. The lowest BCUT2D eigenvalue weighted by Crippen LogP contribution is -2.45. The van der Waals surface area contributed by atoms with E-state index >= 15 is 0 Å². The number of carboxylic acids is 1. The van der Waals surface area contributed by atoms with Crippen molar-refractivity contribution in [1.82, 2.24) is 19.2 Å². The van der Waals surface area contributed by atoms with E-state index in [9.17, 15) is 13.2 Å². The predicted molar refractivity (Wildman–Crippen MR) is 62.0 cm³/mol. The zero-order chi connectivity index (χ0) is 13.9. The van der Waals surface area contributed by atoms with Crippen molar-refractivity contribution >= 4 is 16.2 Å². The van der Waals surface area contributed by atoms with Gasteiger partial charge in [-0.1, -0.05) is 5.16 Å². The molecule has 0 radical (unpaired) electrons. The molecule has 1 saturated heterocycles. The molecule has 0 saturated carbocycles. The molecule has 0 bridgehead atoms. The highest BCUT2D eigenvalue weighted by atomic mass is 32.2. The lowest BCUT2D eigenvalue weighted by atomic mass is 9.99. The van der Waals surface area contributed by atoms with E-state index in [1.54, 1.807) is 0 Å². The summed E-state index contributed by atoms with van der Waals surface area (Å²) in [6, 6.07) is 0. The number of aliphatic carboxylic acids is 1. The maximum absolute atomic E-state index is 11.9. The van der Waals surface area contributed by atoms with Crippen molar-refractivity contribution < 1.29 is 22.8 Å². The zero-order valence-electron chi connectivity index (χ0n) is 10.0. The fourth-order valence-corrected chi connectivity index (χ4v) is 3.05. The summed E-state index contributed by atoms with van der Waals surface area (Å²) in [5, 5.41) is 12.3. The number of carbonyl (C=O) groups is 1. The van der Waals surface area contributed by atoms with Gasteiger partial charge in [0.05, 0.1) is 12.5 Å². The largest absolute Gasteiger partial charge is 0.481 e. The Morgan fingerprint density at radius 1 is 1.53 bits per heavy atom. The summed E-state index contributed by atoms with van der Waals surface area (Å²) in [4.78, 5) is 14.5. The van der Waals surface area contributed by atoms with Crippen LogP contribution in [0.4, 0.5) is 0 Å². The van der Waals surface area contributed by atoms with E-state index < -0.39 is 22.1 Å². The maximum Gasteiger partial charge on any atom is 0.306 e. The van der Waals surface area contributed by atoms with E-state index in [-0.39, 0.29) is 25.5 Å². The number of aromatic nitrogens is 2. The second-order valence-corrected chi connectivity index (χ2v) is 5.94. The quantitative estimate of drug-likeness (QED) is 0.727. The van der Waals surface area contributed by atoms with Crippen molar-refractivity contribution in [3.63, 3.8) is 0 Å². The number of nitrogens with zero attached hydrogens (tertiary/aromatic N) is 3. The molecule has 0 unspecified atom stereocenters. The fraction of sp³-hybridized carbons (Fsp3) is 0.667. The maximum atomic E-state index is 11.9. The first-order valence-electron chi connectivity index (χ1n) is 5.72. The van der Waals surface area contributed by atoms with Crippen LogP contribution in [0, 0.1) is 5.92 Å². The van der Waals surface area contributed by atoms with E-state index in [1.165, 1.54) is 4.31 Å². The van der Waals surface area contributed by atoms with Crippen molar-refractivity contribution in [1.29, 1.82) is 0 Å². The van der Waals surface area contributed by atoms with E-state index in [2.05, 4.69) is 19.4 Å². The van der Waals surface area contributed by atoms with Crippen LogP contribution in [0.15, 0.2) is 10.9 Å². The minimum atomic E-state index is -3.64. The van der Waals surface area contributed by atoms with Crippen LogP contribution < -0.4 is 4.72 Å². The smallest absolute Gasteiger partial charge is 0.306 e. The van der Waals surface area contributed by atoms with Gasteiger partial charge in [0.25, 0.3) is 10.2 Å². The third-order valence-electron chi connectivity index (χ3n) is 2.96. The first-order valence-corrected chi connectivity index (χ1v) is 7.16. The van der Waals surface area contributed by atoms with Gasteiger partial charge < -0.3 is 9.63 Å². The highest BCUT2D eigenvalue weighted by molar-refractivity contribution is 7.87. The lowest BCUT2D eigenvalue weighted by molar-refractivity contribution is -0.142.